The second-order valence-corrected chi connectivity index (χ2v) is 5.22. The maximum atomic E-state index is 11.9. The molecule has 1 amide bonds. The van der Waals surface area contributed by atoms with Crippen molar-refractivity contribution in [1.29, 1.82) is 0 Å². The van der Waals surface area contributed by atoms with E-state index in [2.05, 4.69) is 5.32 Å². The summed E-state index contributed by atoms with van der Waals surface area (Å²) in [7, 11) is 0. The number of benzene rings is 1. The Morgan fingerprint density at radius 1 is 1.40 bits per heavy atom. The average molecular weight is 276 g/mol. The largest absolute Gasteiger partial charge is 0.420 e. The molecule has 0 aliphatic heterocycles. The van der Waals surface area contributed by atoms with E-state index < -0.39 is 5.76 Å². The topological polar surface area (TPSA) is 84.5 Å². The van der Waals surface area contributed by atoms with E-state index in [4.69, 9.17) is 4.42 Å². The lowest BCUT2D eigenvalue weighted by Crippen LogP contribution is -2.40. The number of carbonyl (C=O) groups excluding carboxylic acids is 1. The number of rotatable bonds is 4. The Labute approximate surface area is 115 Å². The average Bonchev–Trinajstić information content (AvgIpc) is 2.70. The lowest BCUT2D eigenvalue weighted by molar-refractivity contribution is -0.122. The predicted octanol–water partition coefficient (Wildman–Crippen LogP) is 0.482. The van der Waals surface area contributed by atoms with Crippen LogP contribution in [-0.2, 0) is 11.3 Å². The summed E-state index contributed by atoms with van der Waals surface area (Å²) in [4.78, 5) is 23.6. The molecule has 2 N–H and O–H groups in total. The quantitative estimate of drug-likeness (QED) is 0.850. The van der Waals surface area contributed by atoms with Gasteiger partial charge in [-0.2, -0.15) is 0 Å². The Kier molecular flexibility index (Phi) is 3.31. The molecule has 1 aliphatic rings. The molecule has 1 aliphatic carbocycles. The summed E-state index contributed by atoms with van der Waals surface area (Å²) in [5.41, 5.74) is 1.10. The SMILES string of the molecule is O=C(Cn1c(=O)oc2ccccc21)NCC1CC(O)C1. The van der Waals surface area contributed by atoms with Crippen LogP contribution in [0.25, 0.3) is 11.1 Å². The summed E-state index contributed by atoms with van der Waals surface area (Å²) < 4.78 is 6.39. The van der Waals surface area contributed by atoms with E-state index in [0.29, 0.717) is 23.6 Å². The van der Waals surface area contributed by atoms with E-state index in [9.17, 15) is 14.7 Å². The molecule has 3 rings (SSSR count). The van der Waals surface area contributed by atoms with Crippen molar-refractivity contribution in [1.82, 2.24) is 9.88 Å². The molecule has 0 bridgehead atoms. The molecule has 2 aromatic rings. The smallest absolute Gasteiger partial charge is 0.408 e. The number of aliphatic hydroxyl groups excluding tert-OH is 1. The van der Waals surface area contributed by atoms with Crippen LogP contribution in [-0.4, -0.2) is 28.2 Å². The van der Waals surface area contributed by atoms with Crippen molar-refractivity contribution in [3.05, 3.63) is 34.8 Å². The van der Waals surface area contributed by atoms with Gasteiger partial charge in [0.15, 0.2) is 5.58 Å². The van der Waals surface area contributed by atoms with Gasteiger partial charge in [0.25, 0.3) is 0 Å². The van der Waals surface area contributed by atoms with Crippen LogP contribution in [0.5, 0.6) is 0 Å². The molecule has 1 saturated carbocycles. The number of amides is 1. The number of oxazole rings is 1. The van der Waals surface area contributed by atoms with Gasteiger partial charge in [0, 0.05) is 6.54 Å². The number of nitrogens with zero attached hydrogens (tertiary/aromatic N) is 1. The van der Waals surface area contributed by atoms with Gasteiger partial charge < -0.3 is 14.8 Å². The van der Waals surface area contributed by atoms with Crippen LogP contribution in [0, 0.1) is 5.92 Å². The fourth-order valence-electron chi connectivity index (χ4n) is 2.49. The number of hydrogen-bond donors (Lipinski definition) is 2. The van der Waals surface area contributed by atoms with Crippen molar-refractivity contribution in [3.63, 3.8) is 0 Å². The molecule has 1 aromatic heterocycles. The van der Waals surface area contributed by atoms with Crippen molar-refractivity contribution < 1.29 is 14.3 Å². The molecular weight excluding hydrogens is 260 g/mol. The maximum absolute atomic E-state index is 11.9. The van der Waals surface area contributed by atoms with Crippen molar-refractivity contribution in [3.8, 4) is 0 Å². The van der Waals surface area contributed by atoms with Gasteiger partial charge in [0.2, 0.25) is 5.91 Å². The zero-order valence-electron chi connectivity index (χ0n) is 10.9. The van der Waals surface area contributed by atoms with Gasteiger partial charge in [-0.1, -0.05) is 12.1 Å². The first kappa shape index (κ1) is 12.9. The highest BCUT2D eigenvalue weighted by atomic mass is 16.4. The molecule has 6 heteroatoms. The highest BCUT2D eigenvalue weighted by molar-refractivity contribution is 5.79. The van der Waals surface area contributed by atoms with E-state index in [1.165, 1.54) is 4.57 Å². The predicted molar refractivity (Wildman–Crippen MR) is 72.2 cm³/mol. The molecule has 1 heterocycles. The molecule has 1 fully saturated rings. The van der Waals surface area contributed by atoms with Crippen molar-refractivity contribution in [2.45, 2.75) is 25.5 Å². The summed E-state index contributed by atoms with van der Waals surface area (Å²) in [6.45, 7) is 0.492. The Morgan fingerprint density at radius 2 is 2.15 bits per heavy atom. The summed E-state index contributed by atoms with van der Waals surface area (Å²) in [6, 6.07) is 7.01. The van der Waals surface area contributed by atoms with Gasteiger partial charge in [-0.25, -0.2) is 4.79 Å². The summed E-state index contributed by atoms with van der Waals surface area (Å²) in [5, 5.41) is 12.0. The first-order chi connectivity index (χ1) is 9.63. The fourth-order valence-corrected chi connectivity index (χ4v) is 2.49. The normalized spacial score (nSPS) is 21.6. The molecular formula is C14H16N2O4. The van der Waals surface area contributed by atoms with Crippen molar-refractivity contribution in [2.24, 2.45) is 5.92 Å². The minimum atomic E-state index is -0.527. The van der Waals surface area contributed by atoms with Crippen LogP contribution in [0.3, 0.4) is 0 Å². The Balaban J connectivity index is 1.65. The Morgan fingerprint density at radius 3 is 2.90 bits per heavy atom. The Hall–Kier alpha value is -2.08. The van der Waals surface area contributed by atoms with Crippen LogP contribution >= 0.6 is 0 Å². The van der Waals surface area contributed by atoms with E-state index in [1.54, 1.807) is 24.3 Å². The van der Waals surface area contributed by atoms with Gasteiger partial charge in [-0.05, 0) is 30.9 Å². The van der Waals surface area contributed by atoms with Gasteiger partial charge in [-0.15, -0.1) is 0 Å². The minimum Gasteiger partial charge on any atom is -0.408 e. The third-order valence-electron chi connectivity index (χ3n) is 3.67. The van der Waals surface area contributed by atoms with Crippen LogP contribution < -0.4 is 11.1 Å². The lowest BCUT2D eigenvalue weighted by atomic mass is 9.82. The number of carbonyl (C=O) groups is 1. The first-order valence-corrected chi connectivity index (χ1v) is 6.66. The first-order valence-electron chi connectivity index (χ1n) is 6.66. The lowest BCUT2D eigenvalue weighted by Gasteiger charge is -2.31. The van der Waals surface area contributed by atoms with E-state index in [-0.39, 0.29) is 18.6 Å². The Bertz CT molecular complexity index is 682. The van der Waals surface area contributed by atoms with E-state index >= 15 is 0 Å². The number of fused-ring (bicyclic) bond motifs is 1. The summed E-state index contributed by atoms with van der Waals surface area (Å²) >= 11 is 0. The fraction of sp³-hybridized carbons (Fsp3) is 0.429. The number of nitrogens with one attached hydrogen (secondary N) is 1. The molecule has 106 valence electrons. The summed E-state index contributed by atoms with van der Waals surface area (Å²) in [5.74, 6) is -0.410. The van der Waals surface area contributed by atoms with Crippen LogP contribution in [0.15, 0.2) is 33.5 Å². The number of aliphatic hydroxyl groups is 1. The number of aromatic nitrogens is 1. The van der Waals surface area contributed by atoms with Gasteiger partial charge in [-0.3, -0.25) is 9.36 Å². The zero-order valence-corrected chi connectivity index (χ0v) is 10.9. The van der Waals surface area contributed by atoms with Crippen molar-refractivity contribution >= 4 is 17.0 Å². The highest BCUT2D eigenvalue weighted by Crippen LogP contribution is 2.26. The van der Waals surface area contributed by atoms with E-state index in [1.807, 2.05) is 0 Å². The zero-order chi connectivity index (χ0) is 14.1. The van der Waals surface area contributed by atoms with Crippen LogP contribution in [0.1, 0.15) is 12.8 Å². The molecule has 1 aromatic carbocycles. The van der Waals surface area contributed by atoms with Gasteiger partial charge in [0.05, 0.1) is 11.6 Å². The van der Waals surface area contributed by atoms with Gasteiger partial charge >= 0.3 is 5.76 Å². The third-order valence-corrected chi connectivity index (χ3v) is 3.67. The second kappa shape index (κ2) is 5.13. The molecule has 0 spiro atoms. The standard InChI is InChI=1S/C14H16N2O4/c17-10-5-9(6-10)7-15-13(18)8-16-11-3-1-2-4-12(11)20-14(16)19/h1-4,9-10,17H,5-8H2,(H,15,18). The second-order valence-electron chi connectivity index (χ2n) is 5.22. The van der Waals surface area contributed by atoms with Gasteiger partial charge in [0.1, 0.15) is 6.54 Å². The molecule has 20 heavy (non-hydrogen) atoms. The number of hydrogen-bond acceptors (Lipinski definition) is 4. The maximum Gasteiger partial charge on any atom is 0.420 e. The third kappa shape index (κ3) is 2.46. The molecule has 6 nitrogen and oxygen atoms in total. The van der Waals surface area contributed by atoms with Crippen molar-refractivity contribution in [2.75, 3.05) is 6.54 Å². The van der Waals surface area contributed by atoms with Crippen LogP contribution in [0.2, 0.25) is 0 Å². The van der Waals surface area contributed by atoms with Crippen LogP contribution in [0.4, 0.5) is 0 Å². The molecule has 0 unspecified atom stereocenters. The molecule has 0 atom stereocenters. The number of para-hydroxylation sites is 2. The minimum absolute atomic E-state index is 0.0505. The molecule has 0 radical (unpaired) electrons. The monoisotopic (exact) mass is 276 g/mol. The van der Waals surface area contributed by atoms with E-state index in [0.717, 1.165) is 12.8 Å². The molecule has 0 saturated heterocycles. The summed E-state index contributed by atoms with van der Waals surface area (Å²) in [6.07, 6.45) is 1.24. The highest BCUT2D eigenvalue weighted by Gasteiger charge is 2.27.